The third-order valence-electron chi connectivity index (χ3n) is 4.22. The minimum absolute atomic E-state index is 0.00841. The molecule has 0 bridgehead atoms. The molecule has 3 N–H and O–H groups in total. The van der Waals surface area contributed by atoms with Gasteiger partial charge in [-0.15, -0.1) is 0 Å². The number of aromatic carboxylic acids is 1. The van der Waals surface area contributed by atoms with Gasteiger partial charge in [-0.1, -0.05) is 24.3 Å². The Kier molecular flexibility index (Phi) is 6.00. The molecule has 0 aromatic heterocycles. The molecule has 1 unspecified atom stereocenters. The van der Waals surface area contributed by atoms with E-state index in [1.165, 1.54) is 24.3 Å². The molecule has 0 spiro atoms. The van der Waals surface area contributed by atoms with E-state index in [4.69, 9.17) is 15.6 Å². The second kappa shape index (κ2) is 8.46. The highest BCUT2D eigenvalue weighted by molar-refractivity contribution is 7.91. The summed E-state index contributed by atoms with van der Waals surface area (Å²) in [4.78, 5) is 11.4. The maximum atomic E-state index is 13.0. The van der Waals surface area contributed by atoms with E-state index >= 15 is 0 Å². The Bertz CT molecular complexity index is 1120. The van der Waals surface area contributed by atoms with Crippen LogP contribution in [-0.2, 0) is 16.3 Å². The Labute approximate surface area is 169 Å². The van der Waals surface area contributed by atoms with Gasteiger partial charge < -0.3 is 15.6 Å². The van der Waals surface area contributed by atoms with Crippen molar-refractivity contribution in [3.8, 4) is 11.5 Å². The lowest BCUT2D eigenvalue weighted by molar-refractivity contribution is 0.0696. The van der Waals surface area contributed by atoms with Gasteiger partial charge >= 0.3 is 5.97 Å². The maximum absolute atomic E-state index is 13.0. The number of hydrogen-bond donors (Lipinski definition) is 2. The van der Waals surface area contributed by atoms with E-state index in [1.54, 1.807) is 48.5 Å². The number of hydrogen-bond acceptors (Lipinski definition) is 5. The first-order valence-corrected chi connectivity index (χ1v) is 10.4. The fourth-order valence-corrected chi connectivity index (χ4v) is 4.14. The van der Waals surface area contributed by atoms with Crippen molar-refractivity contribution < 1.29 is 23.1 Å². The van der Waals surface area contributed by atoms with Crippen molar-refractivity contribution in [2.45, 2.75) is 29.2 Å². The predicted octanol–water partition coefficient (Wildman–Crippen LogP) is 3.90. The predicted molar refractivity (Wildman–Crippen MR) is 109 cm³/mol. The highest BCUT2D eigenvalue weighted by Crippen LogP contribution is 2.28. The van der Waals surface area contributed by atoms with Gasteiger partial charge in [0.15, 0.2) is 0 Å². The van der Waals surface area contributed by atoms with Gasteiger partial charge in [0.05, 0.1) is 15.4 Å². The lowest BCUT2D eigenvalue weighted by Gasteiger charge is -2.10. The molecule has 6 nitrogen and oxygen atoms in total. The summed E-state index contributed by atoms with van der Waals surface area (Å²) in [7, 11) is -3.73. The maximum Gasteiger partial charge on any atom is 0.335 e. The lowest BCUT2D eigenvalue weighted by Crippen LogP contribution is -2.17. The number of rotatable bonds is 7. The van der Waals surface area contributed by atoms with Crippen molar-refractivity contribution in [2.75, 3.05) is 0 Å². The van der Waals surface area contributed by atoms with Crippen molar-refractivity contribution in [3.63, 3.8) is 0 Å². The summed E-state index contributed by atoms with van der Waals surface area (Å²) in [6.07, 6.45) is 0.666. The van der Waals surface area contributed by atoms with Crippen LogP contribution in [0.25, 0.3) is 0 Å². The van der Waals surface area contributed by atoms with Crippen molar-refractivity contribution in [1.29, 1.82) is 0 Å². The first-order valence-electron chi connectivity index (χ1n) is 8.96. The molecule has 0 amide bonds. The van der Waals surface area contributed by atoms with Gasteiger partial charge in [-0.3, -0.25) is 0 Å². The van der Waals surface area contributed by atoms with Crippen LogP contribution in [0.1, 0.15) is 22.8 Å². The van der Waals surface area contributed by atoms with E-state index < -0.39 is 15.8 Å². The quantitative estimate of drug-likeness (QED) is 0.611. The number of benzene rings is 3. The lowest BCUT2D eigenvalue weighted by atomic mass is 10.1. The molecule has 150 valence electrons. The SMILES string of the molecule is CC(N)Cc1ccc(S(=O)(=O)c2cccc(Oc3cccc(C(=O)O)c3)c2)cc1. The van der Waals surface area contributed by atoms with Crippen molar-refractivity contribution in [1.82, 2.24) is 0 Å². The van der Waals surface area contributed by atoms with Crippen LogP contribution in [0.2, 0.25) is 0 Å². The van der Waals surface area contributed by atoms with Crippen LogP contribution in [0, 0.1) is 0 Å². The molecule has 3 aromatic rings. The Morgan fingerprint density at radius 3 is 2.21 bits per heavy atom. The first-order chi connectivity index (χ1) is 13.8. The Morgan fingerprint density at radius 1 is 0.966 bits per heavy atom. The molecule has 0 fully saturated rings. The van der Waals surface area contributed by atoms with Crippen molar-refractivity contribution in [2.24, 2.45) is 5.73 Å². The molecule has 0 aliphatic heterocycles. The average Bonchev–Trinajstić information content (AvgIpc) is 2.68. The first kappa shape index (κ1) is 20.6. The fraction of sp³-hybridized carbons (Fsp3) is 0.136. The highest BCUT2D eigenvalue weighted by atomic mass is 32.2. The molecule has 7 heteroatoms. The molecule has 0 saturated heterocycles. The molecule has 0 aliphatic rings. The zero-order chi connectivity index (χ0) is 21.0. The number of ether oxygens (including phenoxy) is 1. The Balaban J connectivity index is 1.86. The third-order valence-corrected chi connectivity index (χ3v) is 5.99. The van der Waals surface area contributed by atoms with E-state index in [0.717, 1.165) is 5.56 Å². The van der Waals surface area contributed by atoms with E-state index in [2.05, 4.69) is 0 Å². The zero-order valence-electron chi connectivity index (χ0n) is 15.8. The standard InChI is InChI=1S/C22H21NO5S/c1-15(23)12-16-8-10-20(11-9-16)29(26,27)21-7-3-6-19(14-21)28-18-5-2-4-17(13-18)22(24)25/h2-11,13-15H,12,23H2,1H3,(H,24,25). The molecule has 3 rings (SSSR count). The van der Waals surface area contributed by atoms with Crippen LogP contribution in [0.3, 0.4) is 0 Å². The largest absolute Gasteiger partial charge is 0.478 e. The van der Waals surface area contributed by atoms with Crippen LogP contribution in [0.15, 0.2) is 82.6 Å². The summed E-state index contributed by atoms with van der Waals surface area (Å²) >= 11 is 0. The van der Waals surface area contributed by atoms with Gasteiger partial charge in [0.1, 0.15) is 11.5 Å². The van der Waals surface area contributed by atoms with Gasteiger partial charge in [0.25, 0.3) is 0 Å². The van der Waals surface area contributed by atoms with E-state index in [9.17, 15) is 13.2 Å². The zero-order valence-corrected chi connectivity index (χ0v) is 16.6. The van der Waals surface area contributed by atoms with Crippen LogP contribution in [0.4, 0.5) is 0 Å². The molecular weight excluding hydrogens is 390 g/mol. The molecule has 0 radical (unpaired) electrons. The van der Waals surface area contributed by atoms with Gasteiger partial charge in [-0.05, 0) is 67.4 Å². The van der Waals surface area contributed by atoms with Crippen LogP contribution in [0.5, 0.6) is 11.5 Å². The van der Waals surface area contributed by atoms with E-state index in [1.807, 2.05) is 6.92 Å². The number of carboxylic acid groups (broad SMARTS) is 1. The molecule has 0 aliphatic carbocycles. The van der Waals surface area contributed by atoms with Gasteiger partial charge in [0.2, 0.25) is 9.84 Å². The summed E-state index contributed by atoms with van der Waals surface area (Å²) in [6, 6.07) is 18.7. The minimum Gasteiger partial charge on any atom is -0.478 e. The molecular formula is C22H21NO5S. The molecule has 0 saturated carbocycles. The van der Waals surface area contributed by atoms with Crippen LogP contribution >= 0.6 is 0 Å². The summed E-state index contributed by atoms with van der Waals surface area (Å²) in [5.41, 5.74) is 6.83. The number of carbonyl (C=O) groups is 1. The Hall–Kier alpha value is -3.16. The smallest absolute Gasteiger partial charge is 0.335 e. The fourth-order valence-electron chi connectivity index (χ4n) is 2.85. The van der Waals surface area contributed by atoms with Gasteiger partial charge in [-0.25, -0.2) is 13.2 Å². The molecule has 0 heterocycles. The minimum atomic E-state index is -3.73. The van der Waals surface area contributed by atoms with Crippen LogP contribution < -0.4 is 10.5 Å². The second-order valence-corrected chi connectivity index (χ2v) is 8.69. The summed E-state index contributed by atoms with van der Waals surface area (Å²) in [5.74, 6) is -0.471. The van der Waals surface area contributed by atoms with Crippen molar-refractivity contribution >= 4 is 15.8 Å². The normalized spacial score (nSPS) is 12.3. The monoisotopic (exact) mass is 411 g/mol. The third kappa shape index (κ3) is 5.01. The second-order valence-electron chi connectivity index (χ2n) is 6.74. The van der Waals surface area contributed by atoms with E-state index in [0.29, 0.717) is 17.9 Å². The number of nitrogens with two attached hydrogens (primary N) is 1. The number of carboxylic acids is 1. The van der Waals surface area contributed by atoms with Crippen molar-refractivity contribution in [3.05, 3.63) is 83.9 Å². The summed E-state index contributed by atoms with van der Waals surface area (Å²) in [5, 5.41) is 9.08. The summed E-state index contributed by atoms with van der Waals surface area (Å²) in [6.45, 7) is 1.89. The van der Waals surface area contributed by atoms with Crippen LogP contribution in [-0.4, -0.2) is 25.5 Å². The molecule has 1 atom stereocenters. The van der Waals surface area contributed by atoms with Gasteiger partial charge in [0, 0.05) is 6.04 Å². The van der Waals surface area contributed by atoms with Gasteiger partial charge in [-0.2, -0.15) is 0 Å². The highest BCUT2D eigenvalue weighted by Gasteiger charge is 2.18. The molecule has 3 aromatic carbocycles. The topological polar surface area (TPSA) is 107 Å². The Morgan fingerprint density at radius 2 is 1.59 bits per heavy atom. The number of sulfone groups is 1. The summed E-state index contributed by atoms with van der Waals surface area (Å²) < 4.78 is 31.6. The molecule has 29 heavy (non-hydrogen) atoms. The average molecular weight is 411 g/mol. The van der Waals surface area contributed by atoms with E-state index in [-0.39, 0.29) is 21.4 Å².